The van der Waals surface area contributed by atoms with Crippen molar-refractivity contribution in [2.45, 2.75) is 32.4 Å². The van der Waals surface area contributed by atoms with Gasteiger partial charge in [0, 0.05) is 12.6 Å². The summed E-state index contributed by atoms with van der Waals surface area (Å²) in [5.41, 5.74) is 2.41. The van der Waals surface area contributed by atoms with E-state index in [4.69, 9.17) is 16.3 Å². The predicted octanol–water partition coefficient (Wildman–Crippen LogP) is 4.69. The SMILES string of the molecule is Cc1ccc(Cl)c(Oc2ccc(CNC3CC3)cc2)c1. The standard InChI is InChI=1S/C17H18ClNO/c1-12-2-9-16(18)17(10-12)20-15-7-3-13(4-8-15)11-19-14-5-6-14/h2-4,7-10,14,19H,5-6,11H2,1H3. The molecule has 2 aromatic carbocycles. The van der Waals surface area contributed by atoms with Crippen LogP contribution in [-0.4, -0.2) is 6.04 Å². The van der Waals surface area contributed by atoms with Gasteiger partial charge in [-0.1, -0.05) is 29.8 Å². The van der Waals surface area contributed by atoms with Crippen molar-refractivity contribution in [1.82, 2.24) is 5.32 Å². The second-order valence-corrected chi connectivity index (χ2v) is 5.74. The molecule has 1 aliphatic rings. The second kappa shape index (κ2) is 5.86. The number of hydrogen-bond acceptors (Lipinski definition) is 2. The van der Waals surface area contributed by atoms with Gasteiger partial charge in [0.1, 0.15) is 11.5 Å². The van der Waals surface area contributed by atoms with Crippen molar-refractivity contribution in [2.24, 2.45) is 0 Å². The van der Waals surface area contributed by atoms with Crippen LogP contribution in [0.1, 0.15) is 24.0 Å². The van der Waals surface area contributed by atoms with Crippen LogP contribution in [0.3, 0.4) is 0 Å². The average molecular weight is 288 g/mol. The molecule has 0 amide bonds. The van der Waals surface area contributed by atoms with Gasteiger partial charge in [0.25, 0.3) is 0 Å². The summed E-state index contributed by atoms with van der Waals surface area (Å²) in [5, 5.41) is 4.13. The molecule has 0 saturated heterocycles. The molecule has 104 valence electrons. The summed E-state index contributed by atoms with van der Waals surface area (Å²) in [6, 6.07) is 14.7. The Kier molecular flexibility index (Phi) is 3.95. The first-order valence-electron chi connectivity index (χ1n) is 6.97. The molecular formula is C17H18ClNO. The van der Waals surface area contributed by atoms with Crippen LogP contribution in [0.5, 0.6) is 11.5 Å². The van der Waals surface area contributed by atoms with E-state index in [0.29, 0.717) is 10.8 Å². The van der Waals surface area contributed by atoms with Crippen molar-refractivity contribution in [3.8, 4) is 11.5 Å². The van der Waals surface area contributed by atoms with Crippen LogP contribution in [-0.2, 0) is 6.54 Å². The maximum Gasteiger partial charge on any atom is 0.146 e. The number of benzene rings is 2. The van der Waals surface area contributed by atoms with E-state index in [2.05, 4.69) is 17.4 Å². The number of hydrogen-bond donors (Lipinski definition) is 1. The first kappa shape index (κ1) is 13.5. The number of ether oxygens (including phenoxy) is 1. The molecule has 2 aromatic rings. The van der Waals surface area contributed by atoms with E-state index >= 15 is 0 Å². The highest BCUT2D eigenvalue weighted by molar-refractivity contribution is 6.32. The van der Waals surface area contributed by atoms with Crippen molar-refractivity contribution >= 4 is 11.6 Å². The quantitative estimate of drug-likeness (QED) is 0.861. The van der Waals surface area contributed by atoms with Gasteiger partial charge in [-0.05, 0) is 55.2 Å². The Hall–Kier alpha value is -1.51. The zero-order valence-corrected chi connectivity index (χ0v) is 12.3. The van der Waals surface area contributed by atoms with Gasteiger partial charge in [0.2, 0.25) is 0 Å². The van der Waals surface area contributed by atoms with Gasteiger partial charge < -0.3 is 10.1 Å². The van der Waals surface area contributed by atoms with Crippen LogP contribution in [0.2, 0.25) is 5.02 Å². The molecule has 1 saturated carbocycles. The Morgan fingerprint density at radius 3 is 2.60 bits per heavy atom. The third-order valence-corrected chi connectivity index (χ3v) is 3.72. The van der Waals surface area contributed by atoms with Crippen molar-refractivity contribution < 1.29 is 4.74 Å². The van der Waals surface area contributed by atoms with E-state index in [1.807, 2.05) is 37.3 Å². The minimum atomic E-state index is 0.634. The molecule has 3 heteroatoms. The zero-order chi connectivity index (χ0) is 13.9. The number of nitrogens with one attached hydrogen (secondary N) is 1. The van der Waals surface area contributed by atoms with Gasteiger partial charge in [0.15, 0.2) is 0 Å². The molecule has 1 N–H and O–H groups in total. The number of aryl methyl sites for hydroxylation is 1. The monoisotopic (exact) mass is 287 g/mol. The molecule has 20 heavy (non-hydrogen) atoms. The molecule has 2 nitrogen and oxygen atoms in total. The molecule has 0 radical (unpaired) electrons. The highest BCUT2D eigenvalue weighted by Gasteiger charge is 2.19. The van der Waals surface area contributed by atoms with Crippen molar-refractivity contribution in [3.05, 3.63) is 58.6 Å². The van der Waals surface area contributed by atoms with Gasteiger partial charge >= 0.3 is 0 Å². The lowest BCUT2D eigenvalue weighted by atomic mass is 10.2. The molecular weight excluding hydrogens is 270 g/mol. The van der Waals surface area contributed by atoms with Gasteiger partial charge in [-0.2, -0.15) is 0 Å². The average Bonchev–Trinajstić information content (AvgIpc) is 3.26. The summed E-state index contributed by atoms with van der Waals surface area (Å²) in [5.74, 6) is 1.52. The van der Waals surface area contributed by atoms with Gasteiger partial charge in [0.05, 0.1) is 5.02 Å². The fourth-order valence-corrected chi connectivity index (χ4v) is 2.20. The highest BCUT2D eigenvalue weighted by atomic mass is 35.5. The highest BCUT2D eigenvalue weighted by Crippen LogP contribution is 2.30. The van der Waals surface area contributed by atoms with Crippen LogP contribution in [0, 0.1) is 6.92 Å². The van der Waals surface area contributed by atoms with Gasteiger partial charge in [-0.3, -0.25) is 0 Å². The first-order valence-corrected chi connectivity index (χ1v) is 7.35. The summed E-state index contributed by atoms with van der Waals surface area (Å²) >= 11 is 6.13. The van der Waals surface area contributed by atoms with Crippen LogP contribution in [0.25, 0.3) is 0 Å². The van der Waals surface area contributed by atoms with Gasteiger partial charge in [-0.25, -0.2) is 0 Å². The van der Waals surface area contributed by atoms with Crippen molar-refractivity contribution in [1.29, 1.82) is 0 Å². The molecule has 1 fully saturated rings. The molecule has 0 unspecified atom stereocenters. The normalized spacial score (nSPS) is 14.3. The molecule has 0 aliphatic heterocycles. The first-order chi connectivity index (χ1) is 9.70. The smallest absolute Gasteiger partial charge is 0.146 e. The third kappa shape index (κ3) is 3.53. The van der Waals surface area contributed by atoms with Crippen LogP contribution >= 0.6 is 11.6 Å². The van der Waals surface area contributed by atoms with Crippen molar-refractivity contribution in [2.75, 3.05) is 0 Å². The fraction of sp³-hybridized carbons (Fsp3) is 0.294. The Bertz CT molecular complexity index is 590. The molecule has 0 bridgehead atoms. The molecule has 0 spiro atoms. The summed E-state index contributed by atoms with van der Waals surface area (Å²) in [7, 11) is 0. The Labute approximate surface area is 124 Å². The van der Waals surface area contributed by atoms with Crippen LogP contribution < -0.4 is 10.1 Å². The minimum Gasteiger partial charge on any atom is -0.456 e. The van der Waals surface area contributed by atoms with Crippen molar-refractivity contribution in [3.63, 3.8) is 0 Å². The lowest BCUT2D eigenvalue weighted by Crippen LogP contribution is -2.14. The largest absolute Gasteiger partial charge is 0.456 e. The third-order valence-electron chi connectivity index (χ3n) is 3.41. The van der Waals surface area contributed by atoms with E-state index < -0.39 is 0 Å². The summed E-state index contributed by atoms with van der Waals surface area (Å²) < 4.78 is 5.83. The topological polar surface area (TPSA) is 21.3 Å². The lowest BCUT2D eigenvalue weighted by molar-refractivity contribution is 0.482. The molecule has 1 aliphatic carbocycles. The summed E-state index contributed by atoms with van der Waals surface area (Å²) in [6.45, 7) is 2.95. The minimum absolute atomic E-state index is 0.634. The van der Waals surface area contributed by atoms with E-state index in [0.717, 1.165) is 23.9 Å². The van der Waals surface area contributed by atoms with E-state index in [9.17, 15) is 0 Å². The molecule has 0 atom stereocenters. The molecule has 3 rings (SSSR count). The van der Waals surface area contributed by atoms with E-state index in [1.54, 1.807) is 0 Å². The Morgan fingerprint density at radius 1 is 1.15 bits per heavy atom. The van der Waals surface area contributed by atoms with Crippen LogP contribution in [0.15, 0.2) is 42.5 Å². The fourth-order valence-electron chi connectivity index (χ4n) is 2.04. The Balaban J connectivity index is 1.66. The number of rotatable bonds is 5. The molecule has 0 heterocycles. The predicted molar refractivity (Wildman–Crippen MR) is 82.6 cm³/mol. The van der Waals surface area contributed by atoms with E-state index in [-0.39, 0.29) is 0 Å². The van der Waals surface area contributed by atoms with Crippen LogP contribution in [0.4, 0.5) is 0 Å². The summed E-state index contributed by atoms with van der Waals surface area (Å²) in [6.07, 6.45) is 2.63. The second-order valence-electron chi connectivity index (χ2n) is 5.34. The molecule has 0 aromatic heterocycles. The Morgan fingerprint density at radius 2 is 1.90 bits per heavy atom. The summed E-state index contributed by atoms with van der Waals surface area (Å²) in [4.78, 5) is 0. The van der Waals surface area contributed by atoms with Gasteiger partial charge in [-0.15, -0.1) is 0 Å². The lowest BCUT2D eigenvalue weighted by Gasteiger charge is -2.09. The maximum absolute atomic E-state index is 6.13. The maximum atomic E-state index is 6.13. The van der Waals surface area contributed by atoms with E-state index in [1.165, 1.54) is 18.4 Å². The zero-order valence-electron chi connectivity index (χ0n) is 11.5. The number of halogens is 1.